The number of carbonyl (C=O) groups excluding carboxylic acids is 1. The first-order valence-electron chi connectivity index (χ1n) is 11.1. The van der Waals surface area contributed by atoms with Crippen LogP contribution < -0.4 is 5.32 Å². The second kappa shape index (κ2) is 7.98. The van der Waals surface area contributed by atoms with E-state index in [0.717, 1.165) is 45.1 Å². The highest BCUT2D eigenvalue weighted by molar-refractivity contribution is 6.10. The Hall–Kier alpha value is -4.60. The zero-order chi connectivity index (χ0) is 25.0. The van der Waals surface area contributed by atoms with E-state index in [1.807, 2.05) is 24.4 Å². The minimum Gasteiger partial charge on any atom is -0.356 e. The molecule has 0 spiro atoms. The number of aryl methyl sites for hydroxylation is 1. The lowest BCUT2D eigenvalue weighted by atomic mass is 10.1. The highest BCUT2D eigenvalue weighted by Gasteiger charge is 2.30. The summed E-state index contributed by atoms with van der Waals surface area (Å²) in [5, 5.41) is 9.01. The quantitative estimate of drug-likeness (QED) is 0.351. The van der Waals surface area contributed by atoms with Crippen molar-refractivity contribution >= 4 is 38.9 Å². The highest BCUT2D eigenvalue weighted by atomic mass is 19.4. The molecule has 2 aromatic carbocycles. The molecule has 0 saturated carbocycles. The van der Waals surface area contributed by atoms with Crippen LogP contribution in [0.3, 0.4) is 0 Å². The number of amides is 1. The Morgan fingerprint density at radius 3 is 2.61 bits per heavy atom. The topological polar surface area (TPSA) is 80.5 Å². The predicted octanol–water partition coefficient (Wildman–Crippen LogP) is 5.34. The van der Waals surface area contributed by atoms with Gasteiger partial charge in [0.1, 0.15) is 0 Å². The first-order chi connectivity index (χ1) is 17.3. The number of nitrogens with one attached hydrogen (secondary N) is 2. The second-order valence-electron chi connectivity index (χ2n) is 8.57. The van der Waals surface area contributed by atoms with Crippen LogP contribution >= 0.6 is 0 Å². The van der Waals surface area contributed by atoms with E-state index in [1.54, 1.807) is 40.7 Å². The first kappa shape index (κ1) is 21.9. The van der Waals surface area contributed by atoms with Crippen molar-refractivity contribution in [1.82, 2.24) is 29.6 Å². The van der Waals surface area contributed by atoms with Gasteiger partial charge < -0.3 is 10.3 Å². The zero-order valence-corrected chi connectivity index (χ0v) is 19.0. The minimum absolute atomic E-state index is 0.247. The summed E-state index contributed by atoms with van der Waals surface area (Å²) in [5.74, 6) is -0.247. The first-order valence-corrected chi connectivity index (χ1v) is 11.1. The SMILES string of the molecule is Cn1cc2c3cc(C(=O)NCc4cc5ncccc5[nH]4)ccc3n(-c3ccc(C(F)(F)F)cc3)c2n1. The molecule has 10 heteroatoms. The van der Waals surface area contributed by atoms with Gasteiger partial charge in [-0.1, -0.05) is 0 Å². The van der Waals surface area contributed by atoms with Crippen LogP contribution in [0, 0.1) is 0 Å². The van der Waals surface area contributed by atoms with Crippen molar-refractivity contribution in [3.05, 3.63) is 89.9 Å². The lowest BCUT2D eigenvalue weighted by molar-refractivity contribution is -0.137. The average Bonchev–Trinajstić information content (AvgIpc) is 3.52. The third-order valence-corrected chi connectivity index (χ3v) is 6.15. The van der Waals surface area contributed by atoms with Crippen molar-refractivity contribution in [3.8, 4) is 5.69 Å². The van der Waals surface area contributed by atoms with Crippen molar-refractivity contribution in [2.24, 2.45) is 7.05 Å². The number of fused-ring (bicyclic) bond motifs is 4. The third-order valence-electron chi connectivity index (χ3n) is 6.15. The molecule has 4 aromatic heterocycles. The Kier molecular flexibility index (Phi) is 4.85. The van der Waals surface area contributed by atoms with E-state index in [0.29, 0.717) is 23.4 Å². The molecule has 36 heavy (non-hydrogen) atoms. The summed E-state index contributed by atoms with van der Waals surface area (Å²) in [6.07, 6.45) is -0.871. The molecule has 0 saturated heterocycles. The van der Waals surface area contributed by atoms with Gasteiger partial charge in [-0.05, 0) is 60.7 Å². The van der Waals surface area contributed by atoms with Crippen LogP contribution in [0.4, 0.5) is 13.2 Å². The summed E-state index contributed by atoms with van der Waals surface area (Å²) < 4.78 is 42.6. The van der Waals surface area contributed by atoms with Gasteiger partial charge >= 0.3 is 6.18 Å². The number of hydrogen-bond donors (Lipinski definition) is 2. The molecule has 6 rings (SSSR count). The van der Waals surface area contributed by atoms with Crippen molar-refractivity contribution in [2.45, 2.75) is 12.7 Å². The molecule has 7 nitrogen and oxygen atoms in total. The summed E-state index contributed by atoms with van der Waals surface area (Å²) >= 11 is 0. The Morgan fingerprint density at radius 2 is 1.86 bits per heavy atom. The predicted molar refractivity (Wildman–Crippen MR) is 130 cm³/mol. The Labute approximate surface area is 202 Å². The number of H-pyrrole nitrogens is 1. The van der Waals surface area contributed by atoms with Gasteiger partial charge in [0.2, 0.25) is 0 Å². The Morgan fingerprint density at radius 1 is 1.06 bits per heavy atom. The number of pyridine rings is 1. The number of carbonyl (C=O) groups is 1. The minimum atomic E-state index is -4.41. The molecule has 2 N–H and O–H groups in total. The fourth-order valence-corrected chi connectivity index (χ4v) is 4.48. The van der Waals surface area contributed by atoms with Gasteiger partial charge in [0.05, 0.1) is 28.7 Å². The van der Waals surface area contributed by atoms with Crippen molar-refractivity contribution in [3.63, 3.8) is 0 Å². The number of halogens is 3. The van der Waals surface area contributed by atoms with Crippen LogP contribution in [0.2, 0.25) is 0 Å². The van der Waals surface area contributed by atoms with Crippen LogP contribution in [-0.4, -0.2) is 30.2 Å². The molecule has 0 aliphatic carbocycles. The molecule has 0 radical (unpaired) electrons. The van der Waals surface area contributed by atoms with E-state index in [4.69, 9.17) is 0 Å². The van der Waals surface area contributed by atoms with Crippen LogP contribution in [0.25, 0.3) is 38.7 Å². The molecule has 1 amide bonds. The second-order valence-corrected chi connectivity index (χ2v) is 8.57. The molecule has 180 valence electrons. The van der Waals surface area contributed by atoms with Gasteiger partial charge in [0, 0.05) is 47.2 Å². The van der Waals surface area contributed by atoms with E-state index in [9.17, 15) is 18.0 Å². The fraction of sp³-hybridized carbons (Fsp3) is 0.115. The summed E-state index contributed by atoms with van der Waals surface area (Å²) in [7, 11) is 1.77. The normalized spacial score (nSPS) is 12.1. The van der Waals surface area contributed by atoms with Crippen molar-refractivity contribution < 1.29 is 18.0 Å². The lowest BCUT2D eigenvalue weighted by Gasteiger charge is -2.10. The van der Waals surface area contributed by atoms with Crippen LogP contribution in [0.15, 0.2) is 73.1 Å². The van der Waals surface area contributed by atoms with Crippen LogP contribution in [0.1, 0.15) is 21.6 Å². The molecule has 0 bridgehead atoms. The molecule has 0 atom stereocenters. The standard InChI is InChI=1S/C26H19F3N6O/c1-34-14-20-19-11-15(25(36)31-13-17-12-22-21(32-17)3-2-10-30-22)4-9-23(19)35(24(20)33-34)18-7-5-16(6-8-18)26(27,28)29/h2-12,14,32H,13H2,1H3,(H,31,36). The summed E-state index contributed by atoms with van der Waals surface area (Å²) in [4.78, 5) is 20.5. The number of aromatic amines is 1. The highest BCUT2D eigenvalue weighted by Crippen LogP contribution is 2.34. The lowest BCUT2D eigenvalue weighted by Crippen LogP contribution is -2.22. The molecule has 0 aliphatic rings. The van der Waals surface area contributed by atoms with Crippen LogP contribution in [0.5, 0.6) is 0 Å². The van der Waals surface area contributed by atoms with E-state index in [1.165, 1.54) is 12.1 Å². The maximum Gasteiger partial charge on any atom is 0.416 e. The maximum atomic E-state index is 13.1. The molecular weight excluding hydrogens is 469 g/mol. The Balaban J connectivity index is 1.35. The molecular formula is C26H19F3N6O. The average molecular weight is 488 g/mol. The maximum absolute atomic E-state index is 13.1. The number of alkyl halides is 3. The third kappa shape index (κ3) is 3.67. The molecule has 4 heterocycles. The smallest absolute Gasteiger partial charge is 0.356 e. The van der Waals surface area contributed by atoms with E-state index < -0.39 is 11.7 Å². The van der Waals surface area contributed by atoms with Gasteiger partial charge in [-0.15, -0.1) is 0 Å². The van der Waals surface area contributed by atoms with Crippen molar-refractivity contribution in [2.75, 3.05) is 0 Å². The fourth-order valence-electron chi connectivity index (χ4n) is 4.48. The van der Waals surface area contributed by atoms with Crippen molar-refractivity contribution in [1.29, 1.82) is 0 Å². The van der Waals surface area contributed by atoms with Gasteiger partial charge in [-0.25, -0.2) is 0 Å². The molecule has 0 fully saturated rings. The Bertz CT molecular complexity index is 1730. The van der Waals surface area contributed by atoms with Gasteiger partial charge in [0.25, 0.3) is 5.91 Å². The van der Waals surface area contributed by atoms with E-state index >= 15 is 0 Å². The summed E-state index contributed by atoms with van der Waals surface area (Å²) in [6, 6.07) is 15.9. The largest absolute Gasteiger partial charge is 0.416 e. The zero-order valence-electron chi connectivity index (χ0n) is 19.0. The number of hydrogen-bond acceptors (Lipinski definition) is 3. The van der Waals surface area contributed by atoms with Crippen LogP contribution in [-0.2, 0) is 19.8 Å². The molecule has 6 aromatic rings. The number of benzene rings is 2. The molecule has 0 unspecified atom stereocenters. The monoisotopic (exact) mass is 488 g/mol. The number of aromatic nitrogens is 5. The number of rotatable bonds is 4. The number of nitrogens with zero attached hydrogens (tertiary/aromatic N) is 4. The van der Waals surface area contributed by atoms with Gasteiger partial charge in [-0.2, -0.15) is 18.3 Å². The van der Waals surface area contributed by atoms with E-state index in [-0.39, 0.29) is 5.91 Å². The van der Waals surface area contributed by atoms with Gasteiger partial charge in [-0.3, -0.25) is 19.0 Å². The summed E-state index contributed by atoms with van der Waals surface area (Å²) in [6.45, 7) is 0.308. The van der Waals surface area contributed by atoms with E-state index in [2.05, 4.69) is 20.4 Å². The van der Waals surface area contributed by atoms with Gasteiger partial charge in [0.15, 0.2) is 5.65 Å². The molecule has 0 aliphatic heterocycles. The summed E-state index contributed by atoms with van der Waals surface area (Å²) in [5.41, 5.74) is 4.18.